The number of phenolic OH excluding ortho intramolecular Hbond substituents is 1. The van der Waals surface area contributed by atoms with E-state index >= 15 is 0 Å². The number of carboxylic acids is 3. The number of amides is 4. The van der Waals surface area contributed by atoms with Crippen molar-refractivity contribution in [2.75, 3.05) is 98.2 Å². The first kappa shape index (κ1) is 49.2. The first-order valence-electron chi connectivity index (χ1n) is 18.6. The van der Waals surface area contributed by atoms with Gasteiger partial charge in [0.25, 0.3) is 11.8 Å². The van der Waals surface area contributed by atoms with E-state index in [2.05, 4.69) is 10.6 Å². The molecule has 0 aliphatic carbocycles. The minimum Gasteiger partial charge on any atom is -0.508 e. The molecule has 0 saturated carbocycles. The van der Waals surface area contributed by atoms with E-state index in [4.69, 9.17) is 0 Å². The van der Waals surface area contributed by atoms with Crippen molar-refractivity contribution in [3.8, 4) is 5.75 Å². The summed E-state index contributed by atoms with van der Waals surface area (Å²) in [6, 6.07) is 6.25. The average molecular weight is 945 g/mol. The molecule has 0 radical (unpaired) electrons. The van der Waals surface area contributed by atoms with E-state index in [-0.39, 0.29) is 168 Å². The Morgan fingerprint density at radius 1 is 0.632 bits per heavy atom. The Morgan fingerprint density at radius 3 is 1.54 bits per heavy atom. The molecule has 4 amide bonds. The molecule has 20 heteroatoms. The third-order valence-corrected chi connectivity index (χ3v) is 9.38. The number of ketones is 1. The monoisotopic (exact) mass is 945 g/mol. The fourth-order valence-electron chi connectivity index (χ4n) is 6.34. The van der Waals surface area contributed by atoms with Gasteiger partial charge in [-0.3, -0.25) is 62.9 Å². The number of hydrogen-bond donors (Lipinski definition) is 6. The molecule has 1 atom stereocenters. The molecule has 0 aromatic heterocycles. The van der Waals surface area contributed by atoms with Crippen molar-refractivity contribution in [2.24, 2.45) is 5.92 Å². The van der Waals surface area contributed by atoms with Gasteiger partial charge in [0.15, 0.2) is 5.78 Å². The predicted molar refractivity (Wildman–Crippen MR) is 199 cm³/mol. The maximum Gasteiger partial charge on any atom is 0.317 e. The molecule has 57 heavy (non-hydrogen) atoms. The molecule has 316 valence electrons. The zero-order valence-electron chi connectivity index (χ0n) is 31.8. The molecule has 1 fully saturated rings. The van der Waals surface area contributed by atoms with Gasteiger partial charge in [-0.2, -0.15) is 0 Å². The van der Waals surface area contributed by atoms with Gasteiger partial charge in [-0.1, -0.05) is 12.1 Å². The Hall–Kier alpha value is -3.92. The van der Waals surface area contributed by atoms with Crippen LogP contribution in [0.5, 0.6) is 5.75 Å². The molecule has 2 heterocycles. The Balaban J connectivity index is 0.0000112. The maximum absolute atomic E-state index is 13.3. The molecule has 1 aromatic carbocycles. The second-order valence-corrected chi connectivity index (χ2v) is 13.9. The number of carboxylic acid groups (broad SMARTS) is 3. The van der Waals surface area contributed by atoms with Crippen LogP contribution in [0.1, 0.15) is 31.2 Å². The van der Waals surface area contributed by atoms with E-state index in [0.717, 1.165) is 4.90 Å². The third-order valence-electron chi connectivity index (χ3n) is 9.38. The Bertz CT molecular complexity index is 1530. The second kappa shape index (κ2) is 26.2. The zero-order valence-corrected chi connectivity index (χ0v) is 34.1. The molecule has 0 spiro atoms. The Morgan fingerprint density at radius 2 is 1.09 bits per heavy atom. The summed E-state index contributed by atoms with van der Waals surface area (Å²) in [5.74, 6) is -5.90. The summed E-state index contributed by atoms with van der Waals surface area (Å²) >= 11 is 0. The third kappa shape index (κ3) is 19.9. The predicted octanol–water partition coefficient (Wildman–Crippen LogP) is -1.69. The number of nitrogens with zero attached hydrogens (tertiary/aromatic N) is 5. The van der Waals surface area contributed by atoms with Crippen LogP contribution >= 0.6 is 0 Å². The molecule has 0 unspecified atom stereocenters. The van der Waals surface area contributed by atoms with E-state index in [9.17, 15) is 58.8 Å². The van der Waals surface area contributed by atoms with Crippen LogP contribution in [0.4, 0.5) is 0 Å². The van der Waals surface area contributed by atoms with Gasteiger partial charge in [0.05, 0.1) is 32.7 Å². The number of unbranched alkanes of at least 4 members (excludes halogenated alkanes) is 2. The standard InChI is InChI=1S/C37H53N7O12.Gd/c45-29-6-4-27(5-7-29)20-28(37(56)38-10-2-1-3-11-44-32(48)8-9-33(44)49)21-30(46)22-39-31(47)23-40-12-14-41(24-34(50)51)16-18-43(26-36(54)55)19-17-42(15-13-40)25-35(52)53;/h4-9,28,45H,1-3,10-26H2,(H,38,56)(H,39,47)(H,50,51)(H,52,53)(H,54,55);/t28-;/m1./s1. The number of carbonyl (C=O) groups is 8. The van der Waals surface area contributed by atoms with Crippen molar-refractivity contribution in [1.29, 1.82) is 0 Å². The molecule has 1 aromatic rings. The van der Waals surface area contributed by atoms with Crippen LogP contribution in [-0.4, -0.2) is 190 Å². The summed E-state index contributed by atoms with van der Waals surface area (Å²) in [4.78, 5) is 105. The number of nitrogens with one attached hydrogen (secondary N) is 2. The van der Waals surface area contributed by atoms with Gasteiger partial charge in [0, 0.05) is 130 Å². The largest absolute Gasteiger partial charge is 0.508 e. The number of aliphatic carboxylic acids is 3. The molecular weight excluding hydrogens is 892 g/mol. The molecule has 19 nitrogen and oxygen atoms in total. The molecule has 3 rings (SSSR count). The van der Waals surface area contributed by atoms with Crippen LogP contribution < -0.4 is 10.6 Å². The summed E-state index contributed by atoms with van der Waals surface area (Å²) in [5, 5.41) is 43.4. The van der Waals surface area contributed by atoms with Gasteiger partial charge in [0.1, 0.15) is 5.75 Å². The number of carbonyl (C=O) groups excluding carboxylic acids is 5. The molecular formula is C37H53GdN7O12. The summed E-state index contributed by atoms with van der Waals surface area (Å²) in [6.45, 7) is 0.993. The van der Waals surface area contributed by atoms with Crippen molar-refractivity contribution in [3.05, 3.63) is 42.0 Å². The van der Waals surface area contributed by atoms with Crippen LogP contribution in [0, 0.1) is 45.9 Å². The van der Waals surface area contributed by atoms with Gasteiger partial charge in [-0.05, 0) is 43.4 Å². The van der Waals surface area contributed by atoms with E-state index in [1.165, 1.54) is 24.3 Å². The number of phenols is 1. The quantitative estimate of drug-likeness (QED) is 0.0594. The van der Waals surface area contributed by atoms with E-state index in [1.807, 2.05) is 0 Å². The smallest absolute Gasteiger partial charge is 0.317 e. The number of Topliss-reactive ketones (excluding diaryl/α,β-unsaturated/α-hetero) is 1. The van der Waals surface area contributed by atoms with E-state index < -0.39 is 35.5 Å². The number of imide groups is 1. The van der Waals surface area contributed by atoms with Crippen molar-refractivity contribution >= 4 is 47.3 Å². The number of rotatable bonds is 21. The first-order valence-corrected chi connectivity index (χ1v) is 18.6. The number of aromatic hydroxyl groups is 1. The normalized spacial score (nSPS) is 16.9. The number of benzene rings is 1. The van der Waals surface area contributed by atoms with Gasteiger partial charge < -0.3 is 31.1 Å². The van der Waals surface area contributed by atoms with Crippen LogP contribution in [-0.2, 0) is 44.8 Å². The van der Waals surface area contributed by atoms with E-state index in [0.29, 0.717) is 31.4 Å². The summed E-state index contributed by atoms with van der Waals surface area (Å²) in [7, 11) is 0. The fourth-order valence-corrected chi connectivity index (χ4v) is 6.34. The van der Waals surface area contributed by atoms with Gasteiger partial charge >= 0.3 is 17.9 Å². The van der Waals surface area contributed by atoms with Crippen LogP contribution in [0.15, 0.2) is 36.4 Å². The Labute approximate surface area is 363 Å². The van der Waals surface area contributed by atoms with E-state index in [1.54, 1.807) is 31.7 Å². The van der Waals surface area contributed by atoms with Crippen LogP contribution in [0.2, 0.25) is 0 Å². The minimum absolute atomic E-state index is 0. The first-order chi connectivity index (χ1) is 26.7. The second-order valence-electron chi connectivity index (χ2n) is 13.9. The maximum atomic E-state index is 13.3. The molecule has 2 aliphatic rings. The van der Waals surface area contributed by atoms with Crippen molar-refractivity contribution < 1.29 is 98.7 Å². The van der Waals surface area contributed by atoms with Gasteiger partial charge in [-0.25, -0.2) is 0 Å². The zero-order chi connectivity index (χ0) is 41.0. The Kier molecular flexibility index (Phi) is 22.6. The fraction of sp³-hybridized carbons (Fsp3) is 0.568. The minimum atomic E-state index is -1.07. The van der Waals surface area contributed by atoms with Crippen molar-refractivity contribution in [1.82, 2.24) is 35.1 Å². The molecule has 6 N–H and O–H groups in total. The van der Waals surface area contributed by atoms with Crippen LogP contribution in [0.3, 0.4) is 0 Å². The average Bonchev–Trinajstić information content (AvgIpc) is 3.45. The van der Waals surface area contributed by atoms with Crippen molar-refractivity contribution in [3.63, 3.8) is 0 Å². The SMILES string of the molecule is O=C(O)CN1CCN(CC(=O)O)CCN(CC(=O)NCC(=O)C[C@@H](Cc2ccc(O)cc2)C(=O)NCCCCCN2C(=O)C=CC2=O)CCN(CC(=O)O)CC1.[Gd]. The van der Waals surface area contributed by atoms with Gasteiger partial charge in [0.2, 0.25) is 11.8 Å². The topological polar surface area (TPSA) is 258 Å². The number of hydrogen-bond acceptors (Lipinski definition) is 13. The van der Waals surface area contributed by atoms with Crippen molar-refractivity contribution in [2.45, 2.75) is 32.1 Å². The summed E-state index contributed by atoms with van der Waals surface area (Å²) < 4.78 is 0. The van der Waals surface area contributed by atoms with Crippen LogP contribution in [0.25, 0.3) is 0 Å². The van der Waals surface area contributed by atoms with Gasteiger partial charge in [-0.15, -0.1) is 0 Å². The summed E-state index contributed by atoms with van der Waals surface area (Å²) in [6.07, 6.45) is 4.24. The molecule has 1 saturated heterocycles. The molecule has 2 aliphatic heterocycles. The summed E-state index contributed by atoms with van der Waals surface area (Å²) in [5.41, 5.74) is 0.715. The molecule has 0 bridgehead atoms.